The second-order valence-corrected chi connectivity index (χ2v) is 7.92. The van der Waals surface area contributed by atoms with Crippen molar-refractivity contribution in [2.45, 2.75) is 25.5 Å². The van der Waals surface area contributed by atoms with Crippen LogP contribution in [-0.4, -0.2) is 50.3 Å². The van der Waals surface area contributed by atoms with E-state index in [4.69, 9.17) is 0 Å². The maximum Gasteiger partial charge on any atom is 0.347 e. The van der Waals surface area contributed by atoms with Crippen molar-refractivity contribution in [2.24, 2.45) is 0 Å². The number of aliphatic hydroxyl groups excluding tert-OH is 1. The molecule has 0 atom stereocenters. The Labute approximate surface area is 176 Å². The van der Waals surface area contributed by atoms with Crippen molar-refractivity contribution >= 4 is 28.8 Å². The van der Waals surface area contributed by atoms with Gasteiger partial charge < -0.3 is 20.4 Å². The summed E-state index contributed by atoms with van der Waals surface area (Å²) in [5.41, 5.74) is 1.21. The number of rotatable bonds is 6. The van der Waals surface area contributed by atoms with E-state index in [2.05, 4.69) is 20.3 Å². The van der Waals surface area contributed by atoms with E-state index in [1.807, 2.05) is 11.0 Å². The fourth-order valence-corrected chi connectivity index (χ4v) is 4.20. The number of nitrogens with one attached hydrogen (secondary N) is 1. The number of anilines is 2. The van der Waals surface area contributed by atoms with Crippen LogP contribution in [0.25, 0.3) is 10.6 Å². The third kappa shape index (κ3) is 4.39. The second-order valence-electron chi connectivity index (χ2n) is 6.92. The van der Waals surface area contributed by atoms with Crippen molar-refractivity contribution < 1.29 is 19.4 Å². The highest BCUT2D eigenvalue weighted by atomic mass is 32.1. The molecule has 0 radical (unpaired) electrons. The molecule has 3 aromatic rings. The molecule has 3 N–H and O–H groups in total. The van der Waals surface area contributed by atoms with Crippen molar-refractivity contribution in [3.05, 3.63) is 53.2 Å². The lowest BCUT2D eigenvalue weighted by atomic mass is 10.1. The van der Waals surface area contributed by atoms with E-state index in [9.17, 15) is 19.4 Å². The number of hydrogen-bond donors (Lipinski definition) is 3. The van der Waals surface area contributed by atoms with E-state index in [0.717, 1.165) is 17.0 Å². The Hall–Kier alpha value is -3.11. The van der Waals surface area contributed by atoms with Gasteiger partial charge in [0.05, 0.1) is 29.6 Å². The summed E-state index contributed by atoms with van der Waals surface area (Å²) in [7, 11) is 0. The molecular weight excluding hydrogens is 409 g/mol. The molecule has 156 valence electrons. The highest BCUT2D eigenvalue weighted by Crippen LogP contribution is 2.31. The van der Waals surface area contributed by atoms with Crippen molar-refractivity contribution in [2.75, 3.05) is 23.3 Å². The molecule has 1 saturated heterocycles. The quantitative estimate of drug-likeness (QED) is 0.513. The number of carboxylic acid groups (broad SMARTS) is 1. The molecule has 0 aromatic carbocycles. The maximum atomic E-state index is 14.8. The first kappa shape index (κ1) is 20.2. The molecule has 8 nitrogen and oxygen atoms in total. The first-order valence-corrected chi connectivity index (χ1v) is 10.3. The first-order chi connectivity index (χ1) is 14.5. The molecule has 0 aliphatic carbocycles. The van der Waals surface area contributed by atoms with Crippen molar-refractivity contribution in [3.63, 3.8) is 0 Å². The van der Waals surface area contributed by atoms with Crippen LogP contribution in [0.4, 0.5) is 15.9 Å². The molecule has 4 rings (SSSR count). The number of pyridine rings is 2. The Balaban J connectivity index is 1.56. The van der Waals surface area contributed by atoms with Gasteiger partial charge in [-0.25, -0.2) is 14.8 Å². The van der Waals surface area contributed by atoms with Gasteiger partial charge in [0.15, 0.2) is 0 Å². The summed E-state index contributed by atoms with van der Waals surface area (Å²) in [6.45, 7) is 1.39. The van der Waals surface area contributed by atoms with Crippen LogP contribution < -0.4 is 10.2 Å². The summed E-state index contributed by atoms with van der Waals surface area (Å²) in [5.74, 6) is -1.31. The number of hydrogen-bond acceptors (Lipinski definition) is 8. The number of carbonyl (C=O) groups is 1. The molecule has 4 heterocycles. The predicted octanol–water partition coefficient (Wildman–Crippen LogP) is 3.01. The molecule has 0 amide bonds. The van der Waals surface area contributed by atoms with Crippen LogP contribution in [0.2, 0.25) is 0 Å². The Kier molecular flexibility index (Phi) is 5.86. The molecule has 0 saturated carbocycles. The first-order valence-electron chi connectivity index (χ1n) is 9.48. The van der Waals surface area contributed by atoms with E-state index in [-0.39, 0.29) is 28.1 Å². The van der Waals surface area contributed by atoms with Crippen LogP contribution in [0.5, 0.6) is 0 Å². The van der Waals surface area contributed by atoms with E-state index in [1.54, 1.807) is 30.6 Å². The van der Waals surface area contributed by atoms with Crippen LogP contribution in [0.1, 0.15) is 28.2 Å². The zero-order chi connectivity index (χ0) is 21.1. The standard InChI is InChI=1S/C20H20FN5O3S/c21-18-14(3-4-16(25-18)26-8-5-13(27)6-9-26)19-24-15(17(30-19)20(28)29)11-23-12-2-1-7-22-10-12/h1-4,7,10,13,23,27H,5-6,8-9,11H2,(H,28,29). The summed E-state index contributed by atoms with van der Waals surface area (Å²) in [4.78, 5) is 26.0. The van der Waals surface area contributed by atoms with Gasteiger partial charge in [-0.3, -0.25) is 4.98 Å². The number of aromatic nitrogens is 3. The van der Waals surface area contributed by atoms with Gasteiger partial charge in [-0.15, -0.1) is 11.3 Å². The van der Waals surface area contributed by atoms with Crippen LogP contribution in [0.15, 0.2) is 36.7 Å². The Morgan fingerprint density at radius 1 is 1.27 bits per heavy atom. The van der Waals surface area contributed by atoms with E-state index >= 15 is 0 Å². The summed E-state index contributed by atoms with van der Waals surface area (Å²) < 4.78 is 14.8. The average Bonchev–Trinajstić information content (AvgIpc) is 3.18. The van der Waals surface area contributed by atoms with Gasteiger partial charge in [0.25, 0.3) is 0 Å². The minimum Gasteiger partial charge on any atom is -0.477 e. The second kappa shape index (κ2) is 8.72. The third-order valence-corrected chi connectivity index (χ3v) is 5.98. The normalized spacial score (nSPS) is 14.7. The number of thiazole rings is 1. The van der Waals surface area contributed by atoms with Crippen LogP contribution >= 0.6 is 11.3 Å². The van der Waals surface area contributed by atoms with Crippen LogP contribution in [-0.2, 0) is 6.54 Å². The average molecular weight is 429 g/mol. The number of carboxylic acids is 1. The Bertz CT molecular complexity index is 1040. The van der Waals surface area contributed by atoms with Gasteiger partial charge in [0.1, 0.15) is 15.7 Å². The minimum atomic E-state index is -1.11. The van der Waals surface area contributed by atoms with Crippen molar-refractivity contribution in [1.29, 1.82) is 0 Å². The van der Waals surface area contributed by atoms with Gasteiger partial charge in [-0.05, 0) is 37.1 Å². The highest BCUT2D eigenvalue weighted by Gasteiger charge is 2.23. The van der Waals surface area contributed by atoms with E-state index < -0.39 is 11.9 Å². The molecular formula is C20H20FN5O3S. The van der Waals surface area contributed by atoms with Crippen molar-refractivity contribution in [1.82, 2.24) is 15.0 Å². The molecule has 1 fully saturated rings. The Morgan fingerprint density at radius 3 is 2.73 bits per heavy atom. The number of piperidine rings is 1. The van der Waals surface area contributed by atoms with Gasteiger partial charge in [0, 0.05) is 25.5 Å². The van der Waals surface area contributed by atoms with Gasteiger partial charge in [-0.1, -0.05) is 0 Å². The number of aromatic carboxylic acids is 1. The number of aliphatic hydroxyl groups is 1. The van der Waals surface area contributed by atoms with Gasteiger partial charge in [-0.2, -0.15) is 4.39 Å². The summed E-state index contributed by atoms with van der Waals surface area (Å²) in [6.07, 6.45) is 4.17. The summed E-state index contributed by atoms with van der Waals surface area (Å²) in [5, 5.41) is 22.5. The predicted molar refractivity (Wildman–Crippen MR) is 111 cm³/mol. The summed E-state index contributed by atoms with van der Waals surface area (Å²) in [6, 6.07) is 6.85. The molecule has 0 unspecified atom stereocenters. The van der Waals surface area contributed by atoms with Crippen LogP contribution in [0.3, 0.4) is 0 Å². The van der Waals surface area contributed by atoms with Gasteiger partial charge >= 0.3 is 5.97 Å². The molecule has 30 heavy (non-hydrogen) atoms. The molecule has 1 aliphatic rings. The Morgan fingerprint density at radius 2 is 2.07 bits per heavy atom. The third-order valence-electron chi connectivity index (χ3n) is 4.87. The highest BCUT2D eigenvalue weighted by molar-refractivity contribution is 7.17. The largest absolute Gasteiger partial charge is 0.477 e. The fourth-order valence-electron chi connectivity index (χ4n) is 3.26. The van der Waals surface area contributed by atoms with Crippen LogP contribution in [0, 0.1) is 5.95 Å². The van der Waals surface area contributed by atoms with Gasteiger partial charge in [0.2, 0.25) is 5.95 Å². The molecule has 3 aromatic heterocycles. The minimum absolute atomic E-state index is 0.0508. The van der Waals surface area contributed by atoms with E-state index in [1.165, 1.54) is 0 Å². The molecule has 10 heteroatoms. The molecule has 0 bridgehead atoms. The number of nitrogens with zero attached hydrogens (tertiary/aromatic N) is 4. The topological polar surface area (TPSA) is 111 Å². The maximum absolute atomic E-state index is 14.8. The lowest BCUT2D eigenvalue weighted by molar-refractivity contribution is 0.0701. The molecule has 1 aliphatic heterocycles. The zero-order valence-corrected chi connectivity index (χ0v) is 16.8. The van der Waals surface area contributed by atoms with E-state index in [0.29, 0.717) is 37.4 Å². The number of halogens is 1. The monoisotopic (exact) mass is 429 g/mol. The lowest BCUT2D eigenvalue weighted by Crippen LogP contribution is -2.36. The lowest BCUT2D eigenvalue weighted by Gasteiger charge is -2.30. The summed E-state index contributed by atoms with van der Waals surface area (Å²) >= 11 is 0.919. The smallest absolute Gasteiger partial charge is 0.347 e. The molecule has 0 spiro atoms. The SMILES string of the molecule is O=C(O)c1sc(-c2ccc(N3CCC(O)CC3)nc2F)nc1CNc1cccnc1. The fraction of sp³-hybridized carbons (Fsp3) is 0.300. The van der Waals surface area contributed by atoms with Crippen molar-refractivity contribution in [3.8, 4) is 10.6 Å². The zero-order valence-electron chi connectivity index (χ0n) is 16.0.